The number of alkyl halides is 3. The van der Waals surface area contributed by atoms with Gasteiger partial charge in [-0.1, -0.05) is 0 Å². The lowest BCUT2D eigenvalue weighted by Gasteiger charge is -2.31. The Bertz CT molecular complexity index is 1530. The van der Waals surface area contributed by atoms with Crippen LogP contribution in [0.25, 0.3) is 22.7 Å². The lowest BCUT2D eigenvalue weighted by Crippen LogP contribution is -2.37. The molecule has 1 unspecified atom stereocenters. The number of nitrogens with zero attached hydrogens (tertiary/aromatic N) is 4. The van der Waals surface area contributed by atoms with Gasteiger partial charge in [-0.25, -0.2) is 0 Å². The van der Waals surface area contributed by atoms with Gasteiger partial charge in [-0.2, -0.15) is 18.4 Å². The summed E-state index contributed by atoms with van der Waals surface area (Å²) in [6, 6.07) is 10.0. The van der Waals surface area contributed by atoms with E-state index in [2.05, 4.69) is 34.1 Å². The Kier molecular flexibility index (Phi) is 7.75. The molecule has 8 nitrogen and oxygen atoms in total. The van der Waals surface area contributed by atoms with E-state index < -0.39 is 29.8 Å². The normalized spacial score (nSPS) is 18.1. The molecule has 0 aliphatic carbocycles. The number of rotatable bonds is 6. The number of likely N-dealkylation sites (tertiary alicyclic amines) is 1. The molecule has 3 heterocycles. The predicted octanol–water partition coefficient (Wildman–Crippen LogP) is 2.35. The molecule has 1 fully saturated rings. The van der Waals surface area contributed by atoms with Gasteiger partial charge in [-0.15, -0.1) is 11.3 Å². The van der Waals surface area contributed by atoms with Crippen LogP contribution in [0.3, 0.4) is 0 Å². The van der Waals surface area contributed by atoms with Crippen LogP contribution in [0.15, 0.2) is 35.3 Å². The van der Waals surface area contributed by atoms with Crippen molar-refractivity contribution in [3.63, 3.8) is 0 Å². The van der Waals surface area contributed by atoms with Gasteiger partial charge in [0.1, 0.15) is 21.8 Å². The molecule has 0 saturated carbocycles. The Hall–Kier alpha value is -3.56. The van der Waals surface area contributed by atoms with Crippen LogP contribution in [0.1, 0.15) is 25.8 Å². The molecule has 37 heavy (non-hydrogen) atoms. The molecule has 0 radical (unpaired) electrons. The first kappa shape index (κ1) is 26.5. The maximum Gasteiger partial charge on any atom is 0.405 e. The number of carbonyl (C=O) groups is 1. The van der Waals surface area contributed by atoms with Crippen molar-refractivity contribution in [2.24, 2.45) is 0 Å². The van der Waals surface area contributed by atoms with Crippen molar-refractivity contribution in [1.29, 1.82) is 5.26 Å². The van der Waals surface area contributed by atoms with Gasteiger partial charge < -0.3 is 20.1 Å². The highest BCUT2D eigenvalue weighted by atomic mass is 32.1. The summed E-state index contributed by atoms with van der Waals surface area (Å²) in [5, 5.41) is 15.3. The number of hydrogen-bond acceptors (Lipinski definition) is 6. The summed E-state index contributed by atoms with van der Waals surface area (Å²) in [5.41, 5.74) is 0.885. The van der Waals surface area contributed by atoms with Gasteiger partial charge in [0, 0.05) is 48.1 Å². The van der Waals surface area contributed by atoms with Crippen molar-refractivity contribution < 1.29 is 18.0 Å². The number of nitrogens with one attached hydrogen (secondary N) is 2. The fraction of sp³-hybridized carbons (Fsp3) is 0.400. The first-order chi connectivity index (χ1) is 17.6. The second-order valence-electron chi connectivity index (χ2n) is 8.95. The van der Waals surface area contributed by atoms with E-state index >= 15 is 0 Å². The van der Waals surface area contributed by atoms with Gasteiger partial charge in [0.05, 0.1) is 0 Å². The molecule has 1 aromatic carbocycles. The van der Waals surface area contributed by atoms with E-state index in [1.165, 1.54) is 10.8 Å². The molecule has 1 saturated heterocycles. The number of nitriles is 1. The Morgan fingerprint density at radius 1 is 1.32 bits per heavy atom. The first-order valence-electron chi connectivity index (χ1n) is 11.9. The number of likely N-dealkylation sites (N-methyl/N-ethyl adjacent to an activating group) is 1. The van der Waals surface area contributed by atoms with Gasteiger partial charge in [0.2, 0.25) is 0 Å². The van der Waals surface area contributed by atoms with E-state index in [-0.39, 0.29) is 15.7 Å². The molecule has 196 valence electrons. The van der Waals surface area contributed by atoms with E-state index in [4.69, 9.17) is 0 Å². The molecular weight excluding hydrogens is 505 g/mol. The topological polar surface area (TPSA) is 95.1 Å². The highest BCUT2D eigenvalue weighted by Crippen LogP contribution is 2.28. The van der Waals surface area contributed by atoms with Crippen molar-refractivity contribution in [3.05, 3.63) is 50.0 Å². The summed E-state index contributed by atoms with van der Waals surface area (Å²) in [5.74, 6) is -1.18. The average molecular weight is 533 g/mol. The SMILES string of the molecule is CCn1c(=O)/c(=C/Nc2ccc3c(ccn3C3CCCN(C)C3)c2)s/c1=C(\C#N)C(=O)NCC(F)(F)F. The number of halogens is 3. The Morgan fingerprint density at radius 2 is 2.11 bits per heavy atom. The monoisotopic (exact) mass is 532 g/mol. The van der Waals surface area contributed by atoms with E-state index in [1.54, 1.807) is 18.3 Å². The Morgan fingerprint density at radius 3 is 2.78 bits per heavy atom. The second kappa shape index (κ2) is 10.8. The molecule has 1 atom stereocenters. The van der Waals surface area contributed by atoms with Gasteiger partial charge in [-0.3, -0.25) is 14.2 Å². The van der Waals surface area contributed by atoms with E-state index in [0.717, 1.165) is 53.9 Å². The molecule has 0 spiro atoms. The molecule has 2 aromatic heterocycles. The highest BCUT2D eigenvalue weighted by molar-refractivity contribution is 7.07. The number of benzene rings is 1. The summed E-state index contributed by atoms with van der Waals surface area (Å²) >= 11 is 0.873. The van der Waals surface area contributed by atoms with Crippen LogP contribution in [0, 0.1) is 11.3 Å². The lowest BCUT2D eigenvalue weighted by molar-refractivity contribution is -0.135. The molecule has 12 heteroatoms. The van der Waals surface area contributed by atoms with Crippen LogP contribution < -0.4 is 25.4 Å². The summed E-state index contributed by atoms with van der Waals surface area (Å²) < 4.78 is 41.2. The third-order valence-corrected chi connectivity index (χ3v) is 7.44. The zero-order valence-corrected chi connectivity index (χ0v) is 21.2. The minimum atomic E-state index is -4.62. The molecule has 1 amide bonds. The zero-order chi connectivity index (χ0) is 26.7. The highest BCUT2D eigenvalue weighted by Gasteiger charge is 2.29. The zero-order valence-electron chi connectivity index (χ0n) is 20.4. The van der Waals surface area contributed by atoms with Crippen molar-refractivity contribution >= 4 is 45.6 Å². The number of hydrogen-bond donors (Lipinski definition) is 2. The van der Waals surface area contributed by atoms with Crippen LogP contribution in [-0.4, -0.2) is 52.8 Å². The number of amides is 1. The molecular formula is C25H27F3N6O2S. The van der Waals surface area contributed by atoms with Crippen LogP contribution in [0.2, 0.25) is 0 Å². The number of aromatic nitrogens is 2. The Balaban J connectivity index is 1.63. The van der Waals surface area contributed by atoms with E-state index in [1.807, 2.05) is 18.2 Å². The first-order valence-corrected chi connectivity index (χ1v) is 12.7. The molecule has 2 N–H and O–H groups in total. The molecule has 4 rings (SSSR count). The van der Waals surface area contributed by atoms with Gasteiger partial charge in [-0.05, 0) is 57.6 Å². The van der Waals surface area contributed by atoms with Gasteiger partial charge in [0.15, 0.2) is 5.57 Å². The van der Waals surface area contributed by atoms with Crippen LogP contribution in [0.5, 0.6) is 0 Å². The second-order valence-corrected chi connectivity index (χ2v) is 9.98. The lowest BCUT2D eigenvalue weighted by atomic mass is 10.1. The summed E-state index contributed by atoms with van der Waals surface area (Å²) in [4.78, 5) is 27.4. The van der Waals surface area contributed by atoms with E-state index in [9.17, 15) is 28.0 Å². The smallest absolute Gasteiger partial charge is 0.360 e. The van der Waals surface area contributed by atoms with Crippen molar-refractivity contribution in [2.45, 2.75) is 38.5 Å². The number of piperidine rings is 1. The fourth-order valence-electron chi connectivity index (χ4n) is 4.54. The number of fused-ring (bicyclic) bond motifs is 1. The van der Waals surface area contributed by atoms with Crippen LogP contribution in [0.4, 0.5) is 18.9 Å². The number of carbonyl (C=O) groups excluding carboxylic acids is 1. The quantitative estimate of drug-likeness (QED) is 0.508. The minimum absolute atomic E-state index is 0.00713. The number of thiazole rings is 1. The number of anilines is 1. The summed E-state index contributed by atoms with van der Waals surface area (Å²) in [6.07, 6.45) is 1.24. The average Bonchev–Trinajstić information content (AvgIpc) is 3.41. The maximum atomic E-state index is 12.9. The fourth-order valence-corrected chi connectivity index (χ4v) is 5.63. The molecule has 1 aliphatic heterocycles. The van der Waals surface area contributed by atoms with Crippen molar-refractivity contribution in [1.82, 2.24) is 19.4 Å². The largest absolute Gasteiger partial charge is 0.405 e. The van der Waals surface area contributed by atoms with Crippen molar-refractivity contribution in [2.75, 3.05) is 32.0 Å². The standard InChI is InChI=1S/C25H27F3N6O2S/c1-3-33-23(36)21(37-24(33)19(12-29)22(35)31-15-25(26,27)28)13-30-17-6-7-20-16(11-17)8-10-34(20)18-5-4-9-32(2)14-18/h6-8,10-11,13,18,30H,3-5,9,14-15H2,1-2H3,(H,31,35)/b21-13-,24-19+. The summed E-state index contributed by atoms with van der Waals surface area (Å²) in [6.45, 7) is 2.33. The molecule has 3 aromatic rings. The predicted molar refractivity (Wildman–Crippen MR) is 137 cm³/mol. The van der Waals surface area contributed by atoms with Gasteiger partial charge in [0.25, 0.3) is 11.5 Å². The van der Waals surface area contributed by atoms with Crippen molar-refractivity contribution in [3.8, 4) is 6.07 Å². The molecule has 0 bridgehead atoms. The van der Waals surface area contributed by atoms with Crippen LogP contribution >= 0.6 is 11.3 Å². The minimum Gasteiger partial charge on any atom is -0.360 e. The van der Waals surface area contributed by atoms with E-state index in [0.29, 0.717) is 6.04 Å². The van der Waals surface area contributed by atoms with Gasteiger partial charge >= 0.3 is 6.18 Å². The third kappa shape index (κ3) is 5.89. The van der Waals surface area contributed by atoms with Crippen LogP contribution in [-0.2, 0) is 11.3 Å². The maximum absolute atomic E-state index is 12.9. The summed E-state index contributed by atoms with van der Waals surface area (Å²) in [7, 11) is 2.13. The molecule has 1 aliphatic rings. The third-order valence-electron chi connectivity index (χ3n) is 6.31. The Labute approximate surface area is 214 Å².